The van der Waals surface area contributed by atoms with Crippen molar-refractivity contribution in [1.82, 2.24) is 9.78 Å². The lowest BCUT2D eigenvalue weighted by atomic mass is 10.2. The summed E-state index contributed by atoms with van der Waals surface area (Å²) in [4.78, 5) is 24.9. The van der Waals surface area contributed by atoms with Gasteiger partial charge in [-0.15, -0.1) is 0 Å². The molecule has 0 saturated carbocycles. The Kier molecular flexibility index (Phi) is 4.55. The minimum Gasteiger partial charge on any atom is -0.492 e. The Morgan fingerprint density at radius 1 is 1.48 bits per heavy atom. The highest BCUT2D eigenvalue weighted by Gasteiger charge is 2.33. The summed E-state index contributed by atoms with van der Waals surface area (Å²) in [5, 5.41) is 18.2. The molecule has 2 aromatic rings. The number of amides is 1. The average Bonchev–Trinajstić information content (AvgIpc) is 3.15. The highest BCUT2D eigenvalue weighted by molar-refractivity contribution is 6.01. The lowest BCUT2D eigenvalue weighted by molar-refractivity contribution is -0.384. The van der Waals surface area contributed by atoms with Crippen LogP contribution in [0.2, 0.25) is 0 Å². The summed E-state index contributed by atoms with van der Waals surface area (Å²) in [6.07, 6.45) is 4.00. The van der Waals surface area contributed by atoms with Crippen molar-refractivity contribution in [1.29, 1.82) is 0 Å². The molecule has 9 heteroatoms. The zero-order valence-corrected chi connectivity index (χ0v) is 14.0. The molecule has 0 bridgehead atoms. The van der Waals surface area contributed by atoms with Gasteiger partial charge in [-0.1, -0.05) is 0 Å². The van der Waals surface area contributed by atoms with Gasteiger partial charge in [-0.3, -0.25) is 19.6 Å². The number of nitrogens with zero attached hydrogens (tertiary/aromatic N) is 4. The molecule has 1 aliphatic heterocycles. The molecule has 25 heavy (non-hydrogen) atoms. The summed E-state index contributed by atoms with van der Waals surface area (Å²) >= 11 is 0. The summed E-state index contributed by atoms with van der Waals surface area (Å²) in [6, 6.07) is 3.85. The molecule has 132 valence electrons. The molecule has 1 saturated heterocycles. The fraction of sp³-hybridized carbons (Fsp3) is 0.375. The van der Waals surface area contributed by atoms with Crippen LogP contribution in [-0.4, -0.2) is 39.8 Å². The van der Waals surface area contributed by atoms with E-state index in [1.165, 1.54) is 12.1 Å². The number of nitro groups is 1. The Morgan fingerprint density at radius 3 is 2.92 bits per heavy atom. The van der Waals surface area contributed by atoms with Crippen molar-refractivity contribution < 1.29 is 14.5 Å². The predicted molar refractivity (Wildman–Crippen MR) is 91.9 cm³/mol. The van der Waals surface area contributed by atoms with E-state index in [4.69, 9.17) is 4.74 Å². The number of aromatic nitrogens is 2. The Hall–Kier alpha value is -3.10. The number of anilines is 2. The summed E-state index contributed by atoms with van der Waals surface area (Å²) in [7, 11) is 1.79. The fourth-order valence-corrected chi connectivity index (χ4v) is 2.83. The van der Waals surface area contributed by atoms with E-state index in [1.54, 1.807) is 35.1 Å². The monoisotopic (exact) mass is 345 g/mol. The topological polar surface area (TPSA) is 103 Å². The van der Waals surface area contributed by atoms with Crippen molar-refractivity contribution in [3.05, 3.63) is 40.7 Å². The first-order valence-corrected chi connectivity index (χ1v) is 7.97. The number of ether oxygens (including phenoxy) is 1. The van der Waals surface area contributed by atoms with E-state index in [1.807, 2.05) is 6.92 Å². The Morgan fingerprint density at radius 2 is 2.28 bits per heavy atom. The van der Waals surface area contributed by atoms with Crippen molar-refractivity contribution in [2.75, 3.05) is 23.4 Å². The fourth-order valence-electron chi connectivity index (χ4n) is 2.83. The van der Waals surface area contributed by atoms with Crippen LogP contribution in [0.25, 0.3) is 0 Å². The smallest absolute Gasteiger partial charge is 0.271 e. The van der Waals surface area contributed by atoms with Crippen LogP contribution in [0, 0.1) is 10.1 Å². The highest BCUT2D eigenvalue weighted by Crippen LogP contribution is 2.32. The number of nitrogens with one attached hydrogen (secondary N) is 1. The molecule has 1 N–H and O–H groups in total. The normalized spacial score (nSPS) is 17.0. The van der Waals surface area contributed by atoms with Crippen LogP contribution in [0.3, 0.4) is 0 Å². The number of non-ortho nitro benzene ring substituents is 1. The zero-order valence-electron chi connectivity index (χ0n) is 14.0. The van der Waals surface area contributed by atoms with Gasteiger partial charge in [0.05, 0.1) is 29.1 Å². The predicted octanol–water partition coefficient (Wildman–Crippen LogP) is 1.94. The molecule has 1 amide bonds. The van der Waals surface area contributed by atoms with E-state index >= 15 is 0 Å². The molecule has 1 aromatic heterocycles. The van der Waals surface area contributed by atoms with E-state index in [0.29, 0.717) is 31.0 Å². The van der Waals surface area contributed by atoms with E-state index in [-0.39, 0.29) is 11.6 Å². The largest absolute Gasteiger partial charge is 0.492 e. The van der Waals surface area contributed by atoms with Crippen LogP contribution < -0.4 is 15.0 Å². The number of rotatable bonds is 6. The van der Waals surface area contributed by atoms with Gasteiger partial charge in [0.2, 0.25) is 5.91 Å². The lowest BCUT2D eigenvalue weighted by Gasteiger charge is -2.17. The van der Waals surface area contributed by atoms with Gasteiger partial charge in [-0.2, -0.15) is 5.10 Å². The van der Waals surface area contributed by atoms with Crippen LogP contribution in [0.1, 0.15) is 13.3 Å². The van der Waals surface area contributed by atoms with Gasteiger partial charge >= 0.3 is 0 Å². The molecular formula is C16H19N5O4. The van der Waals surface area contributed by atoms with Crippen LogP contribution in [0.4, 0.5) is 17.1 Å². The molecule has 0 spiro atoms. The first-order valence-electron chi connectivity index (χ1n) is 7.97. The molecule has 1 atom stereocenters. The molecule has 0 aliphatic carbocycles. The van der Waals surface area contributed by atoms with Gasteiger partial charge in [0.15, 0.2) is 0 Å². The van der Waals surface area contributed by atoms with E-state index < -0.39 is 11.0 Å². The van der Waals surface area contributed by atoms with Gasteiger partial charge in [0.25, 0.3) is 5.69 Å². The maximum absolute atomic E-state index is 12.7. The molecule has 0 radical (unpaired) electrons. The first kappa shape index (κ1) is 16.7. The van der Waals surface area contributed by atoms with Crippen molar-refractivity contribution in [3.63, 3.8) is 0 Å². The van der Waals surface area contributed by atoms with Crippen LogP contribution >= 0.6 is 0 Å². The van der Waals surface area contributed by atoms with E-state index in [2.05, 4.69) is 10.4 Å². The number of carbonyl (C=O) groups excluding carboxylic acids is 1. The molecule has 2 heterocycles. The second kappa shape index (κ2) is 6.80. The Balaban J connectivity index is 1.81. The second-order valence-corrected chi connectivity index (χ2v) is 5.72. The first-order chi connectivity index (χ1) is 12.0. The number of nitro benzene ring substituents is 1. The van der Waals surface area contributed by atoms with Crippen LogP contribution in [-0.2, 0) is 11.8 Å². The van der Waals surface area contributed by atoms with E-state index in [9.17, 15) is 14.9 Å². The number of hydrogen-bond acceptors (Lipinski definition) is 6. The van der Waals surface area contributed by atoms with Gasteiger partial charge in [0, 0.05) is 31.9 Å². The summed E-state index contributed by atoms with van der Waals surface area (Å²) < 4.78 is 7.14. The molecule has 3 rings (SSSR count). The van der Waals surface area contributed by atoms with Gasteiger partial charge < -0.3 is 15.0 Å². The molecule has 1 aliphatic rings. The SMILES string of the molecule is CCOc1ccc([N+](=O)[O-])cc1NC1CCN(c2cnn(C)c2)C1=O. The standard InChI is InChI=1S/C16H19N5O4/c1-3-25-15-5-4-11(21(23)24)8-14(15)18-13-6-7-20(16(13)22)12-9-17-19(2)10-12/h4-5,8-10,13,18H,3,6-7H2,1-2H3. The van der Waals surface area contributed by atoms with Crippen LogP contribution in [0.5, 0.6) is 5.75 Å². The summed E-state index contributed by atoms with van der Waals surface area (Å²) in [5.74, 6) is 0.391. The average molecular weight is 345 g/mol. The number of hydrogen-bond donors (Lipinski definition) is 1. The number of aryl methyl sites for hydroxylation is 1. The van der Waals surface area contributed by atoms with Crippen molar-refractivity contribution in [2.45, 2.75) is 19.4 Å². The van der Waals surface area contributed by atoms with Crippen LogP contribution in [0.15, 0.2) is 30.6 Å². The zero-order chi connectivity index (χ0) is 18.0. The van der Waals surface area contributed by atoms with Crippen molar-refractivity contribution in [3.8, 4) is 5.75 Å². The molecule has 1 fully saturated rings. The van der Waals surface area contributed by atoms with E-state index in [0.717, 1.165) is 5.69 Å². The van der Waals surface area contributed by atoms with Gasteiger partial charge in [0.1, 0.15) is 11.8 Å². The highest BCUT2D eigenvalue weighted by atomic mass is 16.6. The number of carbonyl (C=O) groups is 1. The summed E-state index contributed by atoms with van der Waals surface area (Å²) in [6.45, 7) is 2.81. The lowest BCUT2D eigenvalue weighted by Crippen LogP contribution is -2.33. The third-order valence-corrected chi connectivity index (χ3v) is 4.01. The second-order valence-electron chi connectivity index (χ2n) is 5.72. The maximum atomic E-state index is 12.7. The number of benzene rings is 1. The quantitative estimate of drug-likeness (QED) is 0.634. The van der Waals surface area contributed by atoms with Gasteiger partial charge in [-0.05, 0) is 19.4 Å². The third-order valence-electron chi connectivity index (χ3n) is 4.01. The summed E-state index contributed by atoms with van der Waals surface area (Å²) in [5.41, 5.74) is 1.13. The maximum Gasteiger partial charge on any atom is 0.271 e. The van der Waals surface area contributed by atoms with Crippen molar-refractivity contribution >= 4 is 23.0 Å². The molecule has 1 aromatic carbocycles. The molecule has 1 unspecified atom stereocenters. The minimum atomic E-state index is -0.473. The molecule has 9 nitrogen and oxygen atoms in total. The Labute approximate surface area is 144 Å². The van der Waals surface area contributed by atoms with Crippen molar-refractivity contribution in [2.24, 2.45) is 7.05 Å². The van der Waals surface area contributed by atoms with Gasteiger partial charge in [-0.25, -0.2) is 0 Å². The Bertz CT molecular complexity index is 804. The minimum absolute atomic E-state index is 0.0551. The molecular weight excluding hydrogens is 326 g/mol. The third kappa shape index (κ3) is 3.39.